The number of amides is 3. The predicted octanol–water partition coefficient (Wildman–Crippen LogP) is 3.14. The van der Waals surface area contributed by atoms with Gasteiger partial charge in [0.1, 0.15) is 12.1 Å². The number of primary amides is 1. The molecule has 5 atom stereocenters. The fourth-order valence-corrected chi connectivity index (χ4v) is 6.16. The first-order chi connectivity index (χ1) is 16.7. The van der Waals surface area contributed by atoms with Crippen molar-refractivity contribution >= 4 is 28.5 Å². The van der Waals surface area contributed by atoms with Crippen molar-refractivity contribution in [1.82, 2.24) is 20.4 Å². The van der Waals surface area contributed by atoms with E-state index in [-0.39, 0.29) is 11.8 Å². The Morgan fingerprint density at radius 2 is 1.83 bits per heavy atom. The maximum atomic E-state index is 14.3. The number of likely N-dealkylation sites (tertiary alicyclic amines) is 1. The van der Waals surface area contributed by atoms with Crippen molar-refractivity contribution in [3.05, 3.63) is 36.2 Å². The molecule has 1 aliphatic carbocycles. The first kappa shape index (κ1) is 25.9. The lowest BCUT2D eigenvalue weighted by Crippen LogP contribution is -2.63. The highest BCUT2D eigenvalue weighted by atomic mass is 19.3. The molecule has 1 aromatic heterocycles. The van der Waals surface area contributed by atoms with Crippen LogP contribution < -0.4 is 11.1 Å². The van der Waals surface area contributed by atoms with Gasteiger partial charge in [-0.3, -0.25) is 14.4 Å². The summed E-state index contributed by atoms with van der Waals surface area (Å²) in [5, 5.41) is 12.5. The molecule has 10 heteroatoms. The Balaban J connectivity index is 1.92. The number of nitrogens with zero attached hydrogens (tertiary/aromatic N) is 3. The summed E-state index contributed by atoms with van der Waals surface area (Å²) in [5.74, 6) is -6.92. The van der Waals surface area contributed by atoms with Gasteiger partial charge in [-0.25, -0.2) is 0 Å². The molecule has 3 N–H and O–H groups in total. The third kappa shape index (κ3) is 4.10. The molecule has 1 saturated heterocycles. The number of carbonyl (C=O) groups excluding carboxylic acids is 3. The number of hydrogen-bond donors (Lipinski definition) is 2. The van der Waals surface area contributed by atoms with Gasteiger partial charge in [0.2, 0.25) is 11.8 Å². The van der Waals surface area contributed by atoms with Crippen LogP contribution in [0.1, 0.15) is 59.6 Å². The SMILES string of the molecule is CC(F)(F)C(=O)NC(C(=O)N1C(C(N)=O)C2CCCC2C1(C)c1nncc2ccccc12)C(C)(C)C. The summed E-state index contributed by atoms with van der Waals surface area (Å²) in [4.78, 5) is 41.0. The van der Waals surface area contributed by atoms with Gasteiger partial charge in [0.05, 0.1) is 17.4 Å². The first-order valence-electron chi connectivity index (χ1n) is 12.2. The molecule has 194 valence electrons. The van der Waals surface area contributed by atoms with E-state index in [2.05, 4.69) is 15.5 Å². The predicted molar refractivity (Wildman–Crippen MR) is 130 cm³/mol. The number of fused-ring (bicyclic) bond motifs is 2. The Labute approximate surface area is 209 Å². The smallest absolute Gasteiger partial charge is 0.321 e. The van der Waals surface area contributed by atoms with Gasteiger partial charge in [0, 0.05) is 17.7 Å². The Morgan fingerprint density at radius 3 is 2.44 bits per heavy atom. The molecule has 1 aliphatic heterocycles. The van der Waals surface area contributed by atoms with Crippen LogP contribution in [-0.2, 0) is 19.9 Å². The van der Waals surface area contributed by atoms with Gasteiger partial charge >= 0.3 is 5.92 Å². The van der Waals surface area contributed by atoms with Crippen molar-refractivity contribution in [3.8, 4) is 0 Å². The van der Waals surface area contributed by atoms with E-state index in [0.29, 0.717) is 19.0 Å². The normalized spacial score (nSPS) is 27.1. The second kappa shape index (κ2) is 8.74. The van der Waals surface area contributed by atoms with Crippen LogP contribution in [0.25, 0.3) is 10.8 Å². The van der Waals surface area contributed by atoms with Gasteiger partial charge in [0.25, 0.3) is 5.91 Å². The number of nitrogens with two attached hydrogens (primary N) is 1. The lowest BCUT2D eigenvalue weighted by Gasteiger charge is -2.44. The van der Waals surface area contributed by atoms with Gasteiger partial charge in [-0.1, -0.05) is 51.5 Å². The number of halogens is 2. The van der Waals surface area contributed by atoms with Crippen LogP contribution >= 0.6 is 0 Å². The lowest BCUT2D eigenvalue weighted by atomic mass is 9.77. The average Bonchev–Trinajstić information content (AvgIpc) is 3.36. The molecule has 4 rings (SSSR count). The highest BCUT2D eigenvalue weighted by Gasteiger charge is 2.64. The Kier molecular flexibility index (Phi) is 6.29. The van der Waals surface area contributed by atoms with Gasteiger partial charge in [0.15, 0.2) is 0 Å². The molecule has 2 aromatic rings. The van der Waals surface area contributed by atoms with Gasteiger partial charge < -0.3 is 16.0 Å². The molecular formula is C26H33F2N5O3. The van der Waals surface area contributed by atoms with Crippen LogP contribution in [0.5, 0.6) is 0 Å². The maximum Gasteiger partial charge on any atom is 0.321 e. The fraction of sp³-hybridized carbons (Fsp3) is 0.577. The summed E-state index contributed by atoms with van der Waals surface area (Å²) in [5.41, 5.74) is 4.38. The van der Waals surface area contributed by atoms with Crippen LogP contribution in [0.4, 0.5) is 8.78 Å². The van der Waals surface area contributed by atoms with E-state index in [1.54, 1.807) is 27.0 Å². The third-order valence-corrected chi connectivity index (χ3v) is 7.84. The largest absolute Gasteiger partial charge is 0.368 e. The summed E-state index contributed by atoms with van der Waals surface area (Å²) >= 11 is 0. The minimum Gasteiger partial charge on any atom is -0.368 e. The average molecular weight is 502 g/mol. The third-order valence-electron chi connectivity index (χ3n) is 7.84. The summed E-state index contributed by atoms with van der Waals surface area (Å²) in [7, 11) is 0. The zero-order valence-corrected chi connectivity index (χ0v) is 21.2. The summed E-state index contributed by atoms with van der Waals surface area (Å²) in [6.45, 7) is 7.36. The number of alkyl halides is 2. The quantitative estimate of drug-likeness (QED) is 0.653. The molecule has 0 bridgehead atoms. The zero-order valence-electron chi connectivity index (χ0n) is 21.2. The van der Waals surface area contributed by atoms with E-state index < -0.39 is 46.7 Å². The second-order valence-electron chi connectivity index (χ2n) is 11.3. The summed E-state index contributed by atoms with van der Waals surface area (Å²) in [6, 6.07) is 5.19. The molecule has 1 aromatic carbocycles. The van der Waals surface area contributed by atoms with E-state index in [0.717, 1.165) is 23.6 Å². The van der Waals surface area contributed by atoms with Crippen molar-refractivity contribution in [2.75, 3.05) is 0 Å². The van der Waals surface area contributed by atoms with Crippen molar-refractivity contribution in [1.29, 1.82) is 0 Å². The van der Waals surface area contributed by atoms with Crippen molar-refractivity contribution < 1.29 is 23.2 Å². The molecule has 0 spiro atoms. The number of aromatic nitrogens is 2. The first-order valence-corrected chi connectivity index (χ1v) is 12.2. The van der Waals surface area contributed by atoms with Crippen LogP contribution in [-0.4, -0.2) is 50.8 Å². The van der Waals surface area contributed by atoms with Gasteiger partial charge in [-0.05, 0) is 37.0 Å². The Bertz CT molecular complexity index is 1200. The Morgan fingerprint density at radius 1 is 1.17 bits per heavy atom. The molecular weight excluding hydrogens is 468 g/mol. The number of nitrogens with one attached hydrogen (secondary N) is 1. The van der Waals surface area contributed by atoms with Crippen LogP contribution in [0.2, 0.25) is 0 Å². The number of benzene rings is 1. The molecule has 5 unspecified atom stereocenters. The van der Waals surface area contributed by atoms with E-state index >= 15 is 0 Å². The minimum absolute atomic E-state index is 0.150. The summed E-state index contributed by atoms with van der Waals surface area (Å²) < 4.78 is 27.7. The molecule has 2 fully saturated rings. The highest BCUT2D eigenvalue weighted by molar-refractivity contribution is 5.95. The van der Waals surface area contributed by atoms with Crippen molar-refractivity contribution in [2.45, 2.75) is 77.4 Å². The van der Waals surface area contributed by atoms with Crippen LogP contribution in [0.15, 0.2) is 30.5 Å². The molecule has 0 radical (unpaired) electrons. The van der Waals surface area contributed by atoms with Gasteiger partial charge in [-0.2, -0.15) is 19.0 Å². The molecule has 3 amide bonds. The Hall–Kier alpha value is -3.17. The fourth-order valence-electron chi connectivity index (χ4n) is 6.16. The van der Waals surface area contributed by atoms with Crippen LogP contribution in [0.3, 0.4) is 0 Å². The van der Waals surface area contributed by atoms with Gasteiger partial charge in [-0.15, -0.1) is 0 Å². The minimum atomic E-state index is -3.68. The molecule has 8 nitrogen and oxygen atoms in total. The van der Waals surface area contributed by atoms with Crippen LogP contribution in [0, 0.1) is 17.3 Å². The highest BCUT2D eigenvalue weighted by Crippen LogP contribution is 2.57. The number of hydrogen-bond acceptors (Lipinski definition) is 5. The monoisotopic (exact) mass is 501 g/mol. The standard InChI is InChI=1S/C26H33F2N5O3/c1-24(2,3)20(31-23(36)26(5,27)28)22(35)33-18(21(29)34)16-11-8-12-17(16)25(33,4)19-15-10-7-6-9-14(15)13-30-32-19/h6-7,9-10,13,16-18,20H,8,11-12H2,1-5H3,(H2,29,34)(H,31,36). The van der Waals surface area contributed by atoms with Crippen molar-refractivity contribution in [2.24, 2.45) is 23.0 Å². The molecule has 36 heavy (non-hydrogen) atoms. The molecule has 2 heterocycles. The summed E-state index contributed by atoms with van der Waals surface area (Å²) in [6.07, 6.45) is 3.91. The van der Waals surface area contributed by atoms with E-state index in [1.165, 1.54) is 4.90 Å². The molecule has 2 aliphatic rings. The zero-order chi connectivity index (χ0) is 26.6. The van der Waals surface area contributed by atoms with E-state index in [4.69, 9.17) is 5.73 Å². The number of carbonyl (C=O) groups is 3. The van der Waals surface area contributed by atoms with Crippen molar-refractivity contribution in [3.63, 3.8) is 0 Å². The van der Waals surface area contributed by atoms with E-state index in [9.17, 15) is 23.2 Å². The topological polar surface area (TPSA) is 118 Å². The number of rotatable bonds is 5. The maximum absolute atomic E-state index is 14.3. The second-order valence-corrected chi connectivity index (χ2v) is 11.3. The molecule has 1 saturated carbocycles. The van der Waals surface area contributed by atoms with E-state index in [1.807, 2.05) is 31.2 Å². The lowest BCUT2D eigenvalue weighted by molar-refractivity contribution is -0.154.